The van der Waals surface area contributed by atoms with Crippen molar-refractivity contribution in [2.45, 2.75) is 25.8 Å². The van der Waals surface area contributed by atoms with E-state index in [0.717, 1.165) is 48.4 Å². The summed E-state index contributed by atoms with van der Waals surface area (Å²) in [6.07, 6.45) is 9.21. The Morgan fingerprint density at radius 3 is 2.78 bits per heavy atom. The van der Waals surface area contributed by atoms with Crippen LogP contribution in [0.5, 0.6) is 0 Å². The summed E-state index contributed by atoms with van der Waals surface area (Å²) in [7, 11) is 0. The Balaban J connectivity index is 1.72. The molecule has 7 heteroatoms. The Bertz CT molecular complexity index is 785. The largest absolute Gasteiger partial charge is 0.343 e. The van der Waals surface area contributed by atoms with E-state index in [2.05, 4.69) is 34.8 Å². The third-order valence-electron chi connectivity index (χ3n) is 4.00. The molecule has 23 heavy (non-hydrogen) atoms. The molecule has 1 aliphatic heterocycles. The Hall–Kier alpha value is -2.83. The minimum absolute atomic E-state index is 0.174. The van der Waals surface area contributed by atoms with Crippen molar-refractivity contribution in [2.75, 3.05) is 11.4 Å². The number of H-pyrrole nitrogens is 1. The van der Waals surface area contributed by atoms with Gasteiger partial charge in [0.2, 0.25) is 5.95 Å². The maximum absolute atomic E-state index is 4.65. The molecular weight excluding hydrogens is 290 g/mol. The van der Waals surface area contributed by atoms with E-state index in [-0.39, 0.29) is 6.04 Å². The van der Waals surface area contributed by atoms with Crippen molar-refractivity contribution in [1.29, 1.82) is 0 Å². The van der Waals surface area contributed by atoms with Crippen molar-refractivity contribution in [3.63, 3.8) is 0 Å². The van der Waals surface area contributed by atoms with Crippen molar-refractivity contribution >= 4 is 5.95 Å². The van der Waals surface area contributed by atoms with Gasteiger partial charge in [-0.1, -0.05) is 0 Å². The van der Waals surface area contributed by atoms with Crippen LogP contribution in [0, 0.1) is 6.92 Å². The van der Waals surface area contributed by atoms with Crippen LogP contribution in [0.3, 0.4) is 0 Å². The van der Waals surface area contributed by atoms with Gasteiger partial charge in [0.1, 0.15) is 11.5 Å². The highest BCUT2D eigenvalue weighted by Crippen LogP contribution is 2.34. The van der Waals surface area contributed by atoms with Crippen LogP contribution < -0.4 is 4.90 Å². The molecule has 0 aromatic carbocycles. The second-order valence-corrected chi connectivity index (χ2v) is 5.56. The summed E-state index contributed by atoms with van der Waals surface area (Å²) in [6.45, 7) is 2.85. The molecule has 116 valence electrons. The number of aryl methyl sites for hydroxylation is 1. The molecule has 1 aliphatic rings. The normalized spacial score (nSPS) is 17.6. The van der Waals surface area contributed by atoms with Gasteiger partial charge in [-0.25, -0.2) is 24.9 Å². The fourth-order valence-corrected chi connectivity index (χ4v) is 3.04. The van der Waals surface area contributed by atoms with Gasteiger partial charge in [0, 0.05) is 31.3 Å². The van der Waals surface area contributed by atoms with Gasteiger partial charge in [0.15, 0.2) is 5.82 Å². The van der Waals surface area contributed by atoms with Crippen LogP contribution in [-0.2, 0) is 0 Å². The number of nitrogens with one attached hydrogen (secondary N) is 1. The molecule has 1 saturated heterocycles. The van der Waals surface area contributed by atoms with Crippen LogP contribution in [0.4, 0.5) is 5.95 Å². The molecule has 4 heterocycles. The molecule has 3 aromatic heterocycles. The lowest BCUT2D eigenvalue weighted by molar-refractivity contribution is 0.673. The number of hydrogen-bond donors (Lipinski definition) is 1. The monoisotopic (exact) mass is 307 g/mol. The highest BCUT2D eigenvalue weighted by molar-refractivity contribution is 5.50. The third-order valence-corrected chi connectivity index (χ3v) is 4.00. The molecule has 3 aromatic rings. The van der Waals surface area contributed by atoms with E-state index in [4.69, 9.17) is 0 Å². The Morgan fingerprint density at radius 1 is 1.13 bits per heavy atom. The summed E-state index contributed by atoms with van der Waals surface area (Å²) < 4.78 is 0. The Morgan fingerprint density at radius 2 is 2.00 bits per heavy atom. The third kappa shape index (κ3) is 2.65. The smallest absolute Gasteiger partial charge is 0.225 e. The van der Waals surface area contributed by atoms with Gasteiger partial charge < -0.3 is 9.88 Å². The zero-order valence-electron chi connectivity index (χ0n) is 12.8. The van der Waals surface area contributed by atoms with E-state index in [1.54, 1.807) is 24.8 Å². The molecule has 1 fully saturated rings. The van der Waals surface area contributed by atoms with Crippen molar-refractivity contribution in [3.05, 3.63) is 48.4 Å². The SMILES string of the molecule is Cc1nc(-c2ncc[nH]2)cc([C@H]2CCCN2c2ncccn2)n1. The number of rotatable bonds is 3. The first kappa shape index (κ1) is 13.8. The Kier molecular flexibility index (Phi) is 3.45. The van der Waals surface area contributed by atoms with E-state index in [1.807, 2.05) is 19.1 Å². The average Bonchev–Trinajstić information content (AvgIpc) is 3.27. The summed E-state index contributed by atoms with van der Waals surface area (Å²) in [5.41, 5.74) is 1.81. The molecule has 0 radical (unpaired) electrons. The molecule has 0 spiro atoms. The van der Waals surface area contributed by atoms with Crippen LogP contribution in [0.25, 0.3) is 11.5 Å². The number of imidazole rings is 1. The maximum atomic E-state index is 4.65. The number of nitrogens with zero attached hydrogens (tertiary/aromatic N) is 6. The zero-order chi connectivity index (χ0) is 15.6. The van der Waals surface area contributed by atoms with E-state index < -0.39 is 0 Å². The van der Waals surface area contributed by atoms with Crippen LogP contribution in [-0.4, -0.2) is 36.4 Å². The molecule has 0 aliphatic carbocycles. The molecule has 1 N–H and O–H groups in total. The molecule has 4 rings (SSSR count). The number of anilines is 1. The summed E-state index contributed by atoms with van der Waals surface area (Å²) in [5, 5.41) is 0. The van der Waals surface area contributed by atoms with Gasteiger partial charge in [0.25, 0.3) is 0 Å². The first-order valence-electron chi connectivity index (χ1n) is 7.70. The number of hydrogen-bond acceptors (Lipinski definition) is 6. The minimum atomic E-state index is 0.174. The van der Waals surface area contributed by atoms with Crippen LogP contribution in [0.1, 0.15) is 30.4 Å². The van der Waals surface area contributed by atoms with Crippen molar-refractivity contribution < 1.29 is 0 Å². The number of aromatic nitrogens is 6. The first-order valence-corrected chi connectivity index (χ1v) is 7.70. The molecule has 0 saturated carbocycles. The molecule has 1 atom stereocenters. The molecule has 0 bridgehead atoms. The fourth-order valence-electron chi connectivity index (χ4n) is 3.04. The van der Waals surface area contributed by atoms with Gasteiger partial charge in [-0.3, -0.25) is 0 Å². The predicted molar refractivity (Wildman–Crippen MR) is 85.7 cm³/mol. The van der Waals surface area contributed by atoms with Gasteiger partial charge >= 0.3 is 0 Å². The van der Waals surface area contributed by atoms with Gasteiger partial charge in [0.05, 0.1) is 11.7 Å². The van der Waals surface area contributed by atoms with E-state index in [9.17, 15) is 0 Å². The first-order chi connectivity index (χ1) is 11.3. The quantitative estimate of drug-likeness (QED) is 0.799. The highest BCUT2D eigenvalue weighted by Gasteiger charge is 2.29. The number of aromatic amines is 1. The van der Waals surface area contributed by atoms with Crippen molar-refractivity contribution in [1.82, 2.24) is 29.9 Å². The lowest BCUT2D eigenvalue weighted by atomic mass is 10.1. The van der Waals surface area contributed by atoms with Gasteiger partial charge in [-0.05, 0) is 31.9 Å². The van der Waals surface area contributed by atoms with Crippen molar-refractivity contribution in [3.8, 4) is 11.5 Å². The van der Waals surface area contributed by atoms with E-state index >= 15 is 0 Å². The van der Waals surface area contributed by atoms with Crippen LogP contribution in [0.2, 0.25) is 0 Å². The molecular formula is C16H17N7. The molecule has 0 unspecified atom stereocenters. The maximum Gasteiger partial charge on any atom is 0.225 e. The molecule has 0 amide bonds. The lowest BCUT2D eigenvalue weighted by Crippen LogP contribution is -2.25. The predicted octanol–water partition coefficient (Wildman–Crippen LogP) is 2.31. The highest BCUT2D eigenvalue weighted by atomic mass is 15.3. The van der Waals surface area contributed by atoms with Gasteiger partial charge in [-0.2, -0.15) is 0 Å². The summed E-state index contributed by atoms with van der Waals surface area (Å²) in [5.74, 6) is 2.26. The standard InChI is InChI=1S/C16H17N7/c1-11-21-12(10-13(22-11)15-17-7-8-18-15)14-4-2-9-23(14)16-19-5-3-6-20-16/h3,5-8,10,14H,2,4,9H2,1H3,(H,17,18)/t14-/m1/s1. The summed E-state index contributed by atoms with van der Waals surface area (Å²) >= 11 is 0. The zero-order valence-corrected chi connectivity index (χ0v) is 12.8. The summed E-state index contributed by atoms with van der Waals surface area (Å²) in [6, 6.07) is 4.02. The van der Waals surface area contributed by atoms with E-state index in [1.165, 1.54) is 0 Å². The minimum Gasteiger partial charge on any atom is -0.343 e. The van der Waals surface area contributed by atoms with Gasteiger partial charge in [-0.15, -0.1) is 0 Å². The fraction of sp³-hybridized carbons (Fsp3) is 0.312. The molecule has 7 nitrogen and oxygen atoms in total. The van der Waals surface area contributed by atoms with Crippen LogP contribution >= 0.6 is 0 Å². The van der Waals surface area contributed by atoms with Crippen molar-refractivity contribution in [2.24, 2.45) is 0 Å². The average molecular weight is 307 g/mol. The lowest BCUT2D eigenvalue weighted by Gasteiger charge is -2.24. The second-order valence-electron chi connectivity index (χ2n) is 5.56. The van der Waals surface area contributed by atoms with Crippen LogP contribution in [0.15, 0.2) is 36.9 Å². The summed E-state index contributed by atoms with van der Waals surface area (Å²) in [4.78, 5) is 27.5. The Labute approximate surface area is 133 Å². The van der Waals surface area contributed by atoms with E-state index in [0.29, 0.717) is 0 Å². The topological polar surface area (TPSA) is 83.5 Å². The second kappa shape index (κ2) is 5.75.